The van der Waals surface area contributed by atoms with E-state index >= 15 is 0 Å². The maximum atomic E-state index is 5.76. The Morgan fingerprint density at radius 2 is 2.41 bits per heavy atom. The molecule has 2 rings (SSSR count). The summed E-state index contributed by atoms with van der Waals surface area (Å²) in [5.74, 6) is 1.10. The van der Waals surface area contributed by atoms with Crippen molar-refractivity contribution in [2.24, 2.45) is 0 Å². The third-order valence-corrected chi connectivity index (χ3v) is 2.67. The Bertz CT molecular complexity index is 386. The fraction of sp³-hybridized carbons (Fsp3) is 0.636. The van der Waals surface area contributed by atoms with Gasteiger partial charge < -0.3 is 20.1 Å². The number of ether oxygens (including phenoxy) is 2. The Labute approximate surface area is 101 Å². The summed E-state index contributed by atoms with van der Waals surface area (Å²) in [5.41, 5.74) is 6.54. The highest BCUT2D eigenvalue weighted by atomic mass is 16.5. The molecule has 1 aromatic rings. The van der Waals surface area contributed by atoms with Crippen LogP contribution in [0.5, 0.6) is 0 Å². The van der Waals surface area contributed by atoms with Crippen LogP contribution >= 0.6 is 0 Å². The summed E-state index contributed by atoms with van der Waals surface area (Å²) in [6.07, 6.45) is -0.104. The van der Waals surface area contributed by atoms with Crippen LogP contribution in [0, 0.1) is 0 Å². The Hall–Kier alpha value is -1.24. The van der Waals surface area contributed by atoms with Gasteiger partial charge in [-0.2, -0.15) is 0 Å². The third kappa shape index (κ3) is 3.12. The van der Waals surface area contributed by atoms with Crippen LogP contribution in [-0.4, -0.2) is 48.7 Å². The molecule has 0 spiro atoms. The number of nitrogens with zero attached hydrogens (tertiary/aromatic N) is 3. The quantitative estimate of drug-likeness (QED) is 0.811. The van der Waals surface area contributed by atoms with E-state index in [1.54, 1.807) is 13.2 Å². The summed E-state index contributed by atoms with van der Waals surface area (Å²) in [6.45, 7) is 2.85. The maximum Gasteiger partial charge on any atom is 0.161 e. The van der Waals surface area contributed by atoms with Crippen LogP contribution in [0.4, 0.5) is 5.82 Å². The summed E-state index contributed by atoms with van der Waals surface area (Å²) < 4.78 is 10.7. The summed E-state index contributed by atoms with van der Waals surface area (Å²) in [7, 11) is 3.68. The number of morpholine rings is 1. The number of hydrogen-bond acceptors (Lipinski definition) is 6. The van der Waals surface area contributed by atoms with Gasteiger partial charge >= 0.3 is 0 Å². The van der Waals surface area contributed by atoms with E-state index in [0.29, 0.717) is 24.9 Å². The predicted molar refractivity (Wildman–Crippen MR) is 63.3 cm³/mol. The summed E-state index contributed by atoms with van der Waals surface area (Å²) in [6, 6.07) is 1.72. The van der Waals surface area contributed by atoms with Gasteiger partial charge in [0.05, 0.1) is 18.9 Å². The lowest BCUT2D eigenvalue weighted by molar-refractivity contribution is -0.0256. The third-order valence-electron chi connectivity index (χ3n) is 2.67. The van der Waals surface area contributed by atoms with Crippen molar-refractivity contribution in [1.29, 1.82) is 0 Å². The van der Waals surface area contributed by atoms with Gasteiger partial charge in [0.1, 0.15) is 11.9 Å². The Morgan fingerprint density at radius 3 is 3.12 bits per heavy atom. The first kappa shape index (κ1) is 12.2. The number of anilines is 1. The van der Waals surface area contributed by atoms with Crippen molar-refractivity contribution in [2.45, 2.75) is 12.7 Å². The SMILES string of the molecule is COCc1cc(N)nc(C2CN(C)CCO2)n1. The minimum atomic E-state index is -0.104. The number of likely N-dealkylation sites (N-methyl/N-ethyl adjacent to an activating group) is 1. The molecule has 0 aliphatic carbocycles. The molecule has 1 aliphatic rings. The summed E-state index contributed by atoms with van der Waals surface area (Å²) in [5, 5.41) is 0. The van der Waals surface area contributed by atoms with E-state index in [2.05, 4.69) is 21.9 Å². The maximum absolute atomic E-state index is 5.76. The van der Waals surface area contributed by atoms with Crippen LogP contribution < -0.4 is 5.73 Å². The lowest BCUT2D eigenvalue weighted by Gasteiger charge is -2.29. The topological polar surface area (TPSA) is 73.5 Å². The largest absolute Gasteiger partial charge is 0.384 e. The number of aromatic nitrogens is 2. The van der Waals surface area contributed by atoms with Gasteiger partial charge in [0.2, 0.25) is 0 Å². The van der Waals surface area contributed by atoms with Crippen molar-refractivity contribution in [2.75, 3.05) is 39.6 Å². The normalized spacial score (nSPS) is 21.6. The second kappa shape index (κ2) is 5.39. The average molecular weight is 238 g/mol. The molecule has 0 amide bonds. The highest BCUT2D eigenvalue weighted by Gasteiger charge is 2.22. The Morgan fingerprint density at radius 1 is 1.59 bits per heavy atom. The molecule has 1 atom stereocenters. The molecule has 17 heavy (non-hydrogen) atoms. The molecule has 0 bridgehead atoms. The summed E-state index contributed by atoms with van der Waals surface area (Å²) >= 11 is 0. The number of nitrogens with two attached hydrogens (primary N) is 1. The van der Waals surface area contributed by atoms with Gasteiger partial charge in [0.15, 0.2) is 5.82 Å². The first-order chi connectivity index (χ1) is 8.19. The molecule has 1 fully saturated rings. The van der Waals surface area contributed by atoms with E-state index in [-0.39, 0.29) is 6.10 Å². The molecule has 0 radical (unpaired) electrons. The molecule has 1 unspecified atom stereocenters. The van der Waals surface area contributed by atoms with Gasteiger partial charge in [-0.05, 0) is 7.05 Å². The molecule has 0 saturated carbocycles. The molecule has 6 heteroatoms. The van der Waals surface area contributed by atoms with Gasteiger partial charge in [0.25, 0.3) is 0 Å². The van der Waals surface area contributed by atoms with Crippen LogP contribution in [0.25, 0.3) is 0 Å². The smallest absolute Gasteiger partial charge is 0.161 e. The van der Waals surface area contributed by atoms with Crippen molar-refractivity contribution in [3.8, 4) is 0 Å². The minimum absolute atomic E-state index is 0.104. The zero-order chi connectivity index (χ0) is 12.3. The lowest BCUT2D eigenvalue weighted by atomic mass is 10.2. The second-order valence-electron chi connectivity index (χ2n) is 4.20. The lowest BCUT2D eigenvalue weighted by Crippen LogP contribution is -2.36. The average Bonchev–Trinajstić information content (AvgIpc) is 2.28. The molecule has 1 saturated heterocycles. The van der Waals surface area contributed by atoms with E-state index in [1.807, 2.05) is 0 Å². The predicted octanol–water partition coefficient (Wildman–Crippen LogP) is 0.208. The van der Waals surface area contributed by atoms with E-state index < -0.39 is 0 Å². The molecular formula is C11H18N4O2. The standard InChI is InChI=1S/C11H18N4O2/c1-15-3-4-17-9(6-15)11-13-8(7-16-2)5-10(12)14-11/h5,9H,3-4,6-7H2,1-2H3,(H2,12,13,14). The monoisotopic (exact) mass is 238 g/mol. The molecule has 94 valence electrons. The molecule has 6 nitrogen and oxygen atoms in total. The van der Waals surface area contributed by atoms with Gasteiger partial charge in [-0.15, -0.1) is 0 Å². The van der Waals surface area contributed by atoms with Crippen LogP contribution in [0.1, 0.15) is 17.6 Å². The van der Waals surface area contributed by atoms with Crippen LogP contribution in [0.2, 0.25) is 0 Å². The van der Waals surface area contributed by atoms with Gasteiger partial charge in [-0.3, -0.25) is 0 Å². The minimum Gasteiger partial charge on any atom is -0.384 e. The second-order valence-corrected chi connectivity index (χ2v) is 4.20. The zero-order valence-corrected chi connectivity index (χ0v) is 10.2. The molecule has 0 aromatic carbocycles. The van der Waals surface area contributed by atoms with E-state index in [1.165, 1.54) is 0 Å². The van der Waals surface area contributed by atoms with Crippen molar-refractivity contribution in [3.05, 3.63) is 17.6 Å². The molecule has 2 N–H and O–H groups in total. The first-order valence-electron chi connectivity index (χ1n) is 5.61. The number of methoxy groups -OCH3 is 1. The van der Waals surface area contributed by atoms with Gasteiger partial charge in [-0.25, -0.2) is 9.97 Å². The van der Waals surface area contributed by atoms with Crippen LogP contribution in [0.15, 0.2) is 6.07 Å². The Balaban J connectivity index is 2.18. The Kier molecular flexibility index (Phi) is 3.88. The number of nitrogen functional groups attached to an aromatic ring is 1. The highest BCUT2D eigenvalue weighted by molar-refractivity contribution is 5.30. The van der Waals surface area contributed by atoms with Crippen LogP contribution in [-0.2, 0) is 16.1 Å². The summed E-state index contributed by atoms with van der Waals surface area (Å²) in [4.78, 5) is 10.8. The fourth-order valence-electron chi connectivity index (χ4n) is 1.84. The van der Waals surface area contributed by atoms with Crippen molar-refractivity contribution < 1.29 is 9.47 Å². The van der Waals surface area contributed by atoms with Crippen molar-refractivity contribution >= 4 is 5.82 Å². The van der Waals surface area contributed by atoms with E-state index in [4.69, 9.17) is 15.2 Å². The van der Waals surface area contributed by atoms with E-state index in [9.17, 15) is 0 Å². The highest BCUT2D eigenvalue weighted by Crippen LogP contribution is 2.19. The van der Waals surface area contributed by atoms with Gasteiger partial charge in [-0.1, -0.05) is 0 Å². The fourth-order valence-corrected chi connectivity index (χ4v) is 1.84. The molecule has 1 aromatic heterocycles. The van der Waals surface area contributed by atoms with Crippen LogP contribution in [0.3, 0.4) is 0 Å². The van der Waals surface area contributed by atoms with E-state index in [0.717, 1.165) is 18.8 Å². The zero-order valence-electron chi connectivity index (χ0n) is 10.2. The number of rotatable bonds is 3. The molecular weight excluding hydrogens is 220 g/mol. The number of hydrogen-bond donors (Lipinski definition) is 1. The first-order valence-corrected chi connectivity index (χ1v) is 5.61. The van der Waals surface area contributed by atoms with Crippen molar-refractivity contribution in [3.63, 3.8) is 0 Å². The molecule has 2 heterocycles. The molecule has 1 aliphatic heterocycles. The van der Waals surface area contributed by atoms with Gasteiger partial charge in [0, 0.05) is 26.3 Å². The van der Waals surface area contributed by atoms with Crippen molar-refractivity contribution in [1.82, 2.24) is 14.9 Å².